The third kappa shape index (κ3) is 54.0. The molecule has 6 atom stereocenters. The molecular weight excluding hydrogens is 1070 g/mol. The van der Waals surface area contributed by atoms with Gasteiger partial charge in [-0.05, 0) is 31.6 Å². The second kappa shape index (κ2) is 55.0. The Bertz CT molecular complexity index is 1570. The maximum absolute atomic E-state index is 12.9. The van der Waals surface area contributed by atoms with Gasteiger partial charge in [0, 0.05) is 25.7 Å². The van der Waals surface area contributed by atoms with Crippen LogP contribution in [0, 0.1) is 5.92 Å². The summed E-state index contributed by atoms with van der Waals surface area (Å²) < 4.78 is 67.5. The van der Waals surface area contributed by atoms with E-state index in [1.54, 1.807) is 0 Å². The van der Waals surface area contributed by atoms with Crippen LogP contribution in [0.2, 0.25) is 0 Å². The van der Waals surface area contributed by atoms with E-state index in [4.69, 9.17) is 37.0 Å². The molecule has 0 amide bonds. The molecule has 3 unspecified atom stereocenters. The zero-order chi connectivity index (χ0) is 59.2. The molecule has 0 aliphatic heterocycles. The summed E-state index contributed by atoms with van der Waals surface area (Å²) in [4.78, 5) is 71.7. The molecule has 0 aliphatic rings. The lowest BCUT2D eigenvalue weighted by Gasteiger charge is -2.21. The smallest absolute Gasteiger partial charge is 0.462 e. The first-order valence-corrected chi connectivity index (χ1v) is 35.2. The molecule has 17 nitrogen and oxygen atoms in total. The third-order valence-corrected chi connectivity index (χ3v) is 16.3. The fourth-order valence-electron chi connectivity index (χ4n) is 9.02. The van der Waals surface area contributed by atoms with E-state index in [2.05, 4.69) is 34.6 Å². The van der Waals surface area contributed by atoms with Crippen LogP contribution in [0.15, 0.2) is 0 Å². The van der Waals surface area contributed by atoms with Crippen molar-refractivity contribution in [2.75, 3.05) is 39.6 Å². The second-order valence-corrected chi connectivity index (χ2v) is 25.2. The number of hydrogen-bond donors (Lipinski definition) is 3. The van der Waals surface area contributed by atoms with Gasteiger partial charge in [0.25, 0.3) is 0 Å². The maximum Gasteiger partial charge on any atom is 0.472 e. The van der Waals surface area contributed by atoms with E-state index in [-0.39, 0.29) is 25.7 Å². The van der Waals surface area contributed by atoms with E-state index in [0.29, 0.717) is 25.7 Å². The van der Waals surface area contributed by atoms with Crippen molar-refractivity contribution in [1.82, 2.24) is 0 Å². The summed E-state index contributed by atoms with van der Waals surface area (Å²) in [6.45, 7) is 7.00. The third-order valence-electron chi connectivity index (χ3n) is 14.4. The topological polar surface area (TPSA) is 237 Å². The van der Waals surface area contributed by atoms with Crippen LogP contribution in [-0.4, -0.2) is 96.7 Å². The molecule has 0 aromatic carbocycles. The van der Waals surface area contributed by atoms with E-state index in [9.17, 15) is 43.2 Å². The monoisotopic (exact) mass is 1180 g/mol. The highest BCUT2D eigenvalue weighted by Crippen LogP contribution is 2.45. The summed E-state index contributed by atoms with van der Waals surface area (Å²) >= 11 is 0. The summed E-state index contributed by atoms with van der Waals surface area (Å²) in [6, 6.07) is 0. The number of aliphatic hydroxyl groups excluding tert-OH is 1. The Balaban J connectivity index is 5.11. The van der Waals surface area contributed by atoms with E-state index < -0.39 is 97.5 Å². The zero-order valence-electron chi connectivity index (χ0n) is 51.2. The van der Waals surface area contributed by atoms with Gasteiger partial charge < -0.3 is 33.8 Å². The fourth-order valence-corrected chi connectivity index (χ4v) is 10.6. The molecule has 3 N–H and O–H groups in total. The van der Waals surface area contributed by atoms with Crippen LogP contribution in [0.25, 0.3) is 0 Å². The van der Waals surface area contributed by atoms with Crippen molar-refractivity contribution in [3.05, 3.63) is 0 Å². The van der Waals surface area contributed by atoms with E-state index >= 15 is 0 Å². The first kappa shape index (κ1) is 78.1. The van der Waals surface area contributed by atoms with Crippen LogP contribution in [0.5, 0.6) is 0 Å². The van der Waals surface area contributed by atoms with Crippen LogP contribution in [0.4, 0.5) is 0 Å². The Kier molecular flexibility index (Phi) is 53.6. The van der Waals surface area contributed by atoms with Gasteiger partial charge in [-0.15, -0.1) is 0 Å². The maximum atomic E-state index is 12.9. The Morgan fingerprint density at radius 2 is 0.600 bits per heavy atom. The Morgan fingerprint density at radius 1 is 0.350 bits per heavy atom. The van der Waals surface area contributed by atoms with Crippen molar-refractivity contribution < 1.29 is 80.2 Å². The molecule has 19 heteroatoms. The lowest BCUT2D eigenvalue weighted by Crippen LogP contribution is -2.30. The highest BCUT2D eigenvalue weighted by molar-refractivity contribution is 7.47. The molecule has 0 saturated heterocycles. The van der Waals surface area contributed by atoms with Crippen molar-refractivity contribution >= 4 is 39.5 Å². The molecule has 0 aliphatic carbocycles. The molecule has 0 heterocycles. The van der Waals surface area contributed by atoms with Crippen LogP contribution in [-0.2, 0) is 65.4 Å². The molecule has 0 aromatic rings. The summed E-state index contributed by atoms with van der Waals surface area (Å²) in [5.41, 5.74) is 0. The van der Waals surface area contributed by atoms with Crippen LogP contribution in [0.3, 0.4) is 0 Å². The van der Waals surface area contributed by atoms with Gasteiger partial charge in [-0.2, -0.15) is 0 Å². The van der Waals surface area contributed by atoms with Crippen molar-refractivity contribution in [3.63, 3.8) is 0 Å². The number of aliphatic hydroxyl groups is 1. The lowest BCUT2D eigenvalue weighted by molar-refractivity contribution is -0.161. The Morgan fingerprint density at radius 3 is 0.887 bits per heavy atom. The molecule has 80 heavy (non-hydrogen) atoms. The molecule has 0 fully saturated rings. The zero-order valence-corrected chi connectivity index (χ0v) is 53.0. The van der Waals surface area contributed by atoms with Crippen LogP contribution in [0.1, 0.15) is 304 Å². The van der Waals surface area contributed by atoms with Gasteiger partial charge in [0.15, 0.2) is 12.2 Å². The van der Waals surface area contributed by atoms with Crippen LogP contribution < -0.4 is 0 Å². The average molecular weight is 1190 g/mol. The quantitative estimate of drug-likeness (QED) is 0.0222. The van der Waals surface area contributed by atoms with Gasteiger partial charge in [-0.3, -0.25) is 37.3 Å². The molecular formula is C61H118O17P2. The first-order valence-electron chi connectivity index (χ1n) is 32.2. The fraction of sp³-hybridized carbons (Fsp3) is 0.934. The van der Waals surface area contributed by atoms with Crippen molar-refractivity contribution in [1.29, 1.82) is 0 Å². The Labute approximate surface area is 486 Å². The molecule has 474 valence electrons. The predicted molar refractivity (Wildman–Crippen MR) is 317 cm³/mol. The minimum Gasteiger partial charge on any atom is -0.462 e. The second-order valence-electron chi connectivity index (χ2n) is 22.3. The number of carbonyl (C=O) groups is 4. The summed E-state index contributed by atoms with van der Waals surface area (Å²) in [7, 11) is -9.87. The van der Waals surface area contributed by atoms with Gasteiger partial charge >= 0.3 is 39.5 Å². The van der Waals surface area contributed by atoms with E-state index in [1.807, 2.05) is 0 Å². The SMILES string of the molecule is CCCCCCCCCCCCCCCCCCCCC(=O)O[C@H](COC(=O)CCCCCCCCC(C)CC)COP(=O)(O)OC[C@@H](O)COP(=O)(O)OC[C@@H](COC(=O)CCCCCCC)OC(=O)CCCCCCCCC. The minimum absolute atomic E-state index is 0.103. The number of carbonyl (C=O) groups excluding carboxylic acids is 4. The van der Waals surface area contributed by atoms with Gasteiger partial charge in [0.05, 0.1) is 26.4 Å². The normalized spacial score (nSPS) is 14.7. The Hall–Kier alpha value is -1.94. The van der Waals surface area contributed by atoms with Gasteiger partial charge in [0.2, 0.25) is 0 Å². The standard InChI is InChI=1S/C61H118O17P2/c1-6-10-13-16-18-19-20-21-22-23-24-25-26-27-28-30-37-42-47-61(66)78-57(51-72-59(64)45-40-35-32-31-34-38-43-54(5)9-4)53-76-80(69,70)74-49-55(62)48-73-79(67,68)75-52-56(50-71-58(63)44-39-33-15-12-8-3)77-60(65)46-41-36-29-17-14-11-7-2/h54-57,62H,6-53H2,1-5H3,(H,67,68)(H,69,70)/t54?,55-,56+,57+/m0/s1. The molecule has 0 aromatic heterocycles. The van der Waals surface area contributed by atoms with Crippen molar-refractivity contribution in [2.45, 2.75) is 323 Å². The number of hydrogen-bond acceptors (Lipinski definition) is 15. The number of phosphoric ester groups is 2. The van der Waals surface area contributed by atoms with Crippen LogP contribution >= 0.6 is 15.6 Å². The predicted octanol–water partition coefficient (Wildman–Crippen LogP) is 16.6. The van der Waals surface area contributed by atoms with Gasteiger partial charge in [0.1, 0.15) is 19.3 Å². The number of ether oxygens (including phenoxy) is 4. The number of unbranched alkanes of at least 4 members (excludes halogenated alkanes) is 32. The highest BCUT2D eigenvalue weighted by Gasteiger charge is 2.30. The highest BCUT2D eigenvalue weighted by atomic mass is 31.2. The van der Waals surface area contributed by atoms with E-state index in [1.165, 1.54) is 103 Å². The molecule has 0 saturated carbocycles. The molecule has 0 rings (SSSR count). The number of esters is 4. The molecule has 0 radical (unpaired) electrons. The van der Waals surface area contributed by atoms with Crippen molar-refractivity contribution in [2.24, 2.45) is 5.92 Å². The first-order chi connectivity index (χ1) is 38.6. The summed E-state index contributed by atoms with van der Waals surface area (Å²) in [5, 5.41) is 10.5. The van der Waals surface area contributed by atoms with Gasteiger partial charge in [-0.25, -0.2) is 9.13 Å². The summed E-state index contributed by atoms with van der Waals surface area (Å²) in [5.74, 6) is -1.42. The lowest BCUT2D eigenvalue weighted by atomic mass is 10.00. The number of phosphoric acid groups is 2. The largest absolute Gasteiger partial charge is 0.472 e. The molecule has 0 spiro atoms. The minimum atomic E-state index is -4.94. The van der Waals surface area contributed by atoms with E-state index in [0.717, 1.165) is 121 Å². The van der Waals surface area contributed by atoms with Gasteiger partial charge in [-0.1, -0.05) is 253 Å². The number of rotatable bonds is 61. The summed E-state index contributed by atoms with van der Waals surface area (Å²) in [6.07, 6.45) is 38.2. The molecule has 0 bridgehead atoms. The van der Waals surface area contributed by atoms with Crippen molar-refractivity contribution in [3.8, 4) is 0 Å². The average Bonchev–Trinajstić information content (AvgIpc) is 3.43.